The van der Waals surface area contributed by atoms with E-state index in [-0.39, 0.29) is 12.5 Å². The minimum atomic E-state index is -0.425. The van der Waals surface area contributed by atoms with E-state index in [0.29, 0.717) is 52.3 Å². The molecule has 0 atom stereocenters. The molecule has 41 heavy (non-hydrogen) atoms. The Bertz CT molecular complexity index is 1530. The lowest BCUT2D eigenvalue weighted by Gasteiger charge is -2.13. The third-order valence-electron chi connectivity index (χ3n) is 5.85. The molecule has 4 aromatic carbocycles. The summed E-state index contributed by atoms with van der Waals surface area (Å²) in [5.41, 5.74) is 5.97. The van der Waals surface area contributed by atoms with Crippen LogP contribution in [-0.2, 0) is 11.4 Å². The first-order valence-corrected chi connectivity index (χ1v) is 13.4. The summed E-state index contributed by atoms with van der Waals surface area (Å²) in [4.78, 5) is 25.2. The Labute approximate surface area is 243 Å². The highest BCUT2D eigenvalue weighted by Crippen LogP contribution is 2.29. The molecule has 0 unspecified atom stereocenters. The number of nitrogens with one attached hydrogen (secondary N) is 2. The molecule has 0 heterocycles. The quantitative estimate of drug-likeness (QED) is 0.151. The van der Waals surface area contributed by atoms with E-state index in [2.05, 4.69) is 15.8 Å². The molecule has 0 radical (unpaired) electrons. The van der Waals surface area contributed by atoms with Crippen molar-refractivity contribution in [2.45, 2.75) is 20.5 Å². The summed E-state index contributed by atoms with van der Waals surface area (Å²) in [5.74, 6) is 0.667. The Kier molecular flexibility index (Phi) is 10.3. The molecule has 0 aliphatic carbocycles. The van der Waals surface area contributed by atoms with Crippen molar-refractivity contribution in [2.24, 2.45) is 5.10 Å². The number of aryl methyl sites for hydroxylation is 1. The first-order chi connectivity index (χ1) is 19.9. The summed E-state index contributed by atoms with van der Waals surface area (Å²) < 4.78 is 17.3. The van der Waals surface area contributed by atoms with Crippen LogP contribution in [0.2, 0.25) is 5.02 Å². The van der Waals surface area contributed by atoms with Gasteiger partial charge in [0.05, 0.1) is 12.8 Å². The topological polar surface area (TPSA) is 98.3 Å². The second-order valence-electron chi connectivity index (χ2n) is 8.91. The van der Waals surface area contributed by atoms with Crippen LogP contribution in [0.3, 0.4) is 0 Å². The Hall–Kier alpha value is -4.82. The average molecular weight is 572 g/mol. The molecule has 0 saturated heterocycles. The predicted octanol–water partition coefficient (Wildman–Crippen LogP) is 6.41. The van der Waals surface area contributed by atoms with Gasteiger partial charge in [0.15, 0.2) is 18.1 Å². The number of hydrogen-bond donors (Lipinski definition) is 2. The van der Waals surface area contributed by atoms with Crippen molar-refractivity contribution >= 4 is 35.3 Å². The van der Waals surface area contributed by atoms with Crippen LogP contribution in [0, 0.1) is 6.92 Å². The number of hydrazone groups is 1. The van der Waals surface area contributed by atoms with Crippen molar-refractivity contribution in [3.63, 3.8) is 0 Å². The molecule has 0 aliphatic rings. The summed E-state index contributed by atoms with van der Waals surface area (Å²) in [7, 11) is 0. The summed E-state index contributed by atoms with van der Waals surface area (Å²) >= 11 is 6.12. The standard InChI is InChI=1S/C32H30ClN3O5/c1-3-39-30-17-24(14-16-29(30)40-20-23-9-5-4-6-10-23)32(38)36-34-19-25-11-7-8-12-28(25)41-21-31(37)35-26-15-13-22(2)27(33)18-26/h4-19H,3,20-21H2,1-2H3,(H,35,37)(H,36,38)/b34-19+. The van der Waals surface area contributed by atoms with Crippen molar-refractivity contribution in [3.05, 3.63) is 118 Å². The zero-order valence-electron chi connectivity index (χ0n) is 22.7. The maximum Gasteiger partial charge on any atom is 0.271 e. The smallest absolute Gasteiger partial charge is 0.271 e. The number of ether oxygens (including phenoxy) is 3. The number of hydrogen-bond acceptors (Lipinski definition) is 6. The number of carbonyl (C=O) groups is 2. The normalized spacial score (nSPS) is 10.7. The molecule has 4 rings (SSSR count). The van der Waals surface area contributed by atoms with Gasteiger partial charge in [0, 0.05) is 21.8 Å². The molecule has 4 aromatic rings. The molecule has 0 bridgehead atoms. The highest BCUT2D eigenvalue weighted by molar-refractivity contribution is 6.31. The van der Waals surface area contributed by atoms with Gasteiger partial charge in [0.2, 0.25) is 0 Å². The number of para-hydroxylation sites is 1. The monoisotopic (exact) mass is 571 g/mol. The maximum atomic E-state index is 12.8. The average Bonchev–Trinajstić information content (AvgIpc) is 2.98. The van der Waals surface area contributed by atoms with Gasteiger partial charge in [-0.25, -0.2) is 5.43 Å². The molecular formula is C32H30ClN3O5. The van der Waals surface area contributed by atoms with Crippen LogP contribution in [0.25, 0.3) is 0 Å². The van der Waals surface area contributed by atoms with Gasteiger partial charge >= 0.3 is 0 Å². The second kappa shape index (κ2) is 14.5. The minimum Gasteiger partial charge on any atom is -0.490 e. The van der Waals surface area contributed by atoms with E-state index in [1.165, 1.54) is 6.21 Å². The van der Waals surface area contributed by atoms with Crippen molar-refractivity contribution in [1.29, 1.82) is 0 Å². The zero-order valence-corrected chi connectivity index (χ0v) is 23.5. The molecule has 0 saturated carbocycles. The number of anilines is 1. The van der Waals surface area contributed by atoms with Crippen LogP contribution < -0.4 is 25.0 Å². The first-order valence-electron chi connectivity index (χ1n) is 13.0. The van der Waals surface area contributed by atoms with Gasteiger partial charge < -0.3 is 19.5 Å². The highest BCUT2D eigenvalue weighted by Gasteiger charge is 2.12. The van der Waals surface area contributed by atoms with Crippen LogP contribution in [-0.4, -0.2) is 31.2 Å². The van der Waals surface area contributed by atoms with Crippen molar-refractivity contribution in [3.8, 4) is 17.2 Å². The van der Waals surface area contributed by atoms with Crippen molar-refractivity contribution < 1.29 is 23.8 Å². The van der Waals surface area contributed by atoms with Crippen LogP contribution in [0.5, 0.6) is 17.2 Å². The second-order valence-corrected chi connectivity index (χ2v) is 9.31. The number of nitrogens with zero attached hydrogens (tertiary/aromatic N) is 1. The van der Waals surface area contributed by atoms with Crippen LogP contribution in [0.15, 0.2) is 96.1 Å². The fraction of sp³-hybridized carbons (Fsp3) is 0.156. The van der Waals surface area contributed by atoms with Gasteiger partial charge in [-0.2, -0.15) is 5.10 Å². The van der Waals surface area contributed by atoms with Gasteiger partial charge in [0.1, 0.15) is 12.4 Å². The Morgan fingerprint density at radius 3 is 2.41 bits per heavy atom. The zero-order chi connectivity index (χ0) is 29.0. The van der Waals surface area contributed by atoms with Gasteiger partial charge in [-0.1, -0.05) is 60.1 Å². The van der Waals surface area contributed by atoms with Gasteiger partial charge in [-0.15, -0.1) is 0 Å². The van der Waals surface area contributed by atoms with E-state index in [4.69, 9.17) is 25.8 Å². The summed E-state index contributed by atoms with van der Waals surface area (Å²) in [6, 6.07) is 27.1. The Morgan fingerprint density at radius 1 is 0.854 bits per heavy atom. The molecule has 9 heteroatoms. The number of halogens is 1. The molecule has 210 valence electrons. The number of rotatable bonds is 12. The number of amides is 2. The van der Waals surface area contributed by atoms with Crippen molar-refractivity contribution in [1.82, 2.24) is 5.43 Å². The van der Waals surface area contributed by atoms with Gasteiger partial charge in [0.25, 0.3) is 11.8 Å². The molecule has 0 aromatic heterocycles. The molecule has 2 N–H and O–H groups in total. The molecule has 0 aliphatic heterocycles. The summed E-state index contributed by atoms with van der Waals surface area (Å²) in [6.45, 7) is 4.31. The van der Waals surface area contributed by atoms with E-state index in [1.54, 1.807) is 54.6 Å². The minimum absolute atomic E-state index is 0.221. The van der Waals surface area contributed by atoms with E-state index in [9.17, 15) is 9.59 Å². The van der Waals surface area contributed by atoms with Crippen LogP contribution in [0.1, 0.15) is 34.0 Å². The SMILES string of the molecule is CCOc1cc(C(=O)N/N=C/c2ccccc2OCC(=O)Nc2ccc(C)c(Cl)c2)ccc1OCc1ccccc1. The largest absolute Gasteiger partial charge is 0.490 e. The lowest BCUT2D eigenvalue weighted by molar-refractivity contribution is -0.118. The fourth-order valence-corrected chi connectivity index (χ4v) is 3.91. The maximum absolute atomic E-state index is 12.8. The van der Waals surface area contributed by atoms with Crippen LogP contribution in [0.4, 0.5) is 5.69 Å². The van der Waals surface area contributed by atoms with E-state index < -0.39 is 5.91 Å². The Morgan fingerprint density at radius 2 is 1.63 bits per heavy atom. The molecule has 0 fully saturated rings. The Balaban J connectivity index is 1.34. The molecule has 0 spiro atoms. The first kappa shape index (κ1) is 29.2. The number of carbonyl (C=O) groups excluding carboxylic acids is 2. The summed E-state index contributed by atoms with van der Waals surface area (Å²) in [6.07, 6.45) is 1.45. The highest BCUT2D eigenvalue weighted by atomic mass is 35.5. The molecular weight excluding hydrogens is 542 g/mol. The lowest BCUT2D eigenvalue weighted by Crippen LogP contribution is -2.20. The molecule has 8 nitrogen and oxygen atoms in total. The van der Waals surface area contributed by atoms with E-state index in [1.807, 2.05) is 50.2 Å². The third kappa shape index (κ3) is 8.58. The molecule has 2 amide bonds. The van der Waals surface area contributed by atoms with Crippen LogP contribution >= 0.6 is 11.6 Å². The van der Waals surface area contributed by atoms with Gasteiger partial charge in [-0.05, 0) is 67.4 Å². The lowest BCUT2D eigenvalue weighted by atomic mass is 10.2. The van der Waals surface area contributed by atoms with E-state index >= 15 is 0 Å². The fourth-order valence-electron chi connectivity index (χ4n) is 3.73. The van der Waals surface area contributed by atoms with Gasteiger partial charge in [-0.3, -0.25) is 9.59 Å². The van der Waals surface area contributed by atoms with Crippen molar-refractivity contribution in [2.75, 3.05) is 18.5 Å². The summed E-state index contributed by atoms with van der Waals surface area (Å²) in [5, 5.41) is 7.39. The third-order valence-corrected chi connectivity index (χ3v) is 6.25. The van der Waals surface area contributed by atoms with E-state index in [0.717, 1.165) is 11.1 Å². The predicted molar refractivity (Wildman–Crippen MR) is 160 cm³/mol. The number of benzene rings is 4.